The monoisotopic (exact) mass is 628 g/mol. The first-order valence-electron chi connectivity index (χ1n) is 17.2. The summed E-state index contributed by atoms with van der Waals surface area (Å²) in [5.41, 5.74) is 13.6. The van der Waals surface area contributed by atoms with Gasteiger partial charge in [0.15, 0.2) is 0 Å². The van der Waals surface area contributed by atoms with Crippen molar-refractivity contribution in [3.8, 4) is 11.4 Å². The summed E-state index contributed by atoms with van der Waals surface area (Å²) in [6.45, 7) is 2.33. The summed E-state index contributed by atoms with van der Waals surface area (Å²) in [4.78, 5) is 0. The van der Waals surface area contributed by atoms with E-state index in [1.807, 2.05) is 0 Å². The van der Waals surface area contributed by atoms with Gasteiger partial charge >= 0.3 is 0 Å². The van der Waals surface area contributed by atoms with Crippen LogP contribution in [0.1, 0.15) is 52.8 Å². The lowest BCUT2D eigenvalue weighted by atomic mass is 9.93. The smallest absolute Gasteiger partial charge is 0.0541 e. The molecule has 9 rings (SSSR count). The second-order valence-electron chi connectivity index (χ2n) is 13.1. The van der Waals surface area contributed by atoms with E-state index in [0.717, 1.165) is 6.42 Å². The van der Waals surface area contributed by atoms with E-state index in [9.17, 15) is 0 Å². The van der Waals surface area contributed by atoms with Crippen LogP contribution in [0.25, 0.3) is 74.5 Å². The quantitative estimate of drug-likeness (QED) is 0.162. The van der Waals surface area contributed by atoms with Crippen LogP contribution in [-0.2, 0) is 0 Å². The summed E-state index contributed by atoms with van der Waals surface area (Å²) in [7, 11) is 0. The maximum Gasteiger partial charge on any atom is 0.0541 e. The molecule has 0 aliphatic heterocycles. The molecule has 6 aromatic carbocycles. The molecule has 1 aliphatic rings. The third-order valence-corrected chi connectivity index (χ3v) is 9.95. The lowest BCUT2D eigenvalue weighted by Gasteiger charge is -2.19. The molecule has 234 valence electrons. The predicted octanol–water partition coefficient (Wildman–Crippen LogP) is 12.6. The Morgan fingerprint density at radius 1 is 0.449 bits per heavy atom. The molecule has 0 amide bonds. The minimum absolute atomic E-state index is 0.489. The molecule has 0 saturated carbocycles. The van der Waals surface area contributed by atoms with Gasteiger partial charge in [-0.05, 0) is 71.1 Å². The number of rotatable bonds is 6. The van der Waals surface area contributed by atoms with Crippen LogP contribution in [0.2, 0.25) is 0 Å². The molecule has 1 aliphatic carbocycles. The number of nitrogens with zero attached hydrogens (tertiary/aromatic N) is 2. The highest BCUT2D eigenvalue weighted by atomic mass is 15.0. The molecule has 0 N–H and O–H groups in total. The van der Waals surface area contributed by atoms with Crippen molar-refractivity contribution in [3.63, 3.8) is 0 Å². The van der Waals surface area contributed by atoms with Crippen LogP contribution in [-0.4, -0.2) is 9.13 Å². The van der Waals surface area contributed by atoms with E-state index in [1.54, 1.807) is 0 Å². The fourth-order valence-corrected chi connectivity index (χ4v) is 7.50. The Kier molecular flexibility index (Phi) is 7.21. The minimum atomic E-state index is 0.489. The van der Waals surface area contributed by atoms with Crippen LogP contribution < -0.4 is 0 Å². The zero-order chi connectivity index (χ0) is 32.7. The first-order chi connectivity index (χ1) is 24.2. The fraction of sp³-hybridized carbons (Fsp3) is 0.0638. The van der Waals surface area contributed by atoms with Crippen molar-refractivity contribution in [1.29, 1.82) is 0 Å². The Morgan fingerprint density at radius 3 is 1.33 bits per heavy atom. The lowest BCUT2D eigenvalue weighted by molar-refractivity contribution is 0.723. The summed E-state index contributed by atoms with van der Waals surface area (Å²) in [6, 6.07) is 52.5. The number of aromatic nitrogens is 2. The van der Waals surface area contributed by atoms with Gasteiger partial charge in [-0.1, -0.05) is 147 Å². The molecule has 2 aromatic heterocycles. The van der Waals surface area contributed by atoms with Gasteiger partial charge in [-0.25, -0.2) is 0 Å². The van der Waals surface area contributed by atoms with Crippen molar-refractivity contribution in [2.45, 2.75) is 19.3 Å². The van der Waals surface area contributed by atoms with Crippen LogP contribution in [0.5, 0.6) is 0 Å². The van der Waals surface area contributed by atoms with E-state index in [-0.39, 0.29) is 0 Å². The first kappa shape index (κ1) is 29.1. The molecule has 2 heterocycles. The predicted molar refractivity (Wildman–Crippen MR) is 210 cm³/mol. The van der Waals surface area contributed by atoms with Crippen LogP contribution in [0.4, 0.5) is 0 Å². The highest BCUT2D eigenvalue weighted by Gasteiger charge is 2.22. The summed E-state index contributed by atoms with van der Waals surface area (Å²) in [5.74, 6) is 0.489. The van der Waals surface area contributed by atoms with Gasteiger partial charge in [0, 0.05) is 44.7 Å². The van der Waals surface area contributed by atoms with E-state index in [2.05, 4.69) is 198 Å². The van der Waals surface area contributed by atoms with E-state index in [4.69, 9.17) is 0 Å². The third kappa shape index (κ3) is 5.23. The van der Waals surface area contributed by atoms with Crippen molar-refractivity contribution in [2.24, 2.45) is 0 Å². The Morgan fingerprint density at radius 2 is 0.837 bits per heavy atom. The Labute approximate surface area is 287 Å². The number of para-hydroxylation sites is 3. The zero-order valence-corrected chi connectivity index (χ0v) is 27.5. The van der Waals surface area contributed by atoms with Crippen LogP contribution in [0.15, 0.2) is 152 Å². The van der Waals surface area contributed by atoms with Gasteiger partial charge in [0.05, 0.1) is 16.6 Å². The largest absolute Gasteiger partial charge is 0.313 e. The molecule has 1 atom stereocenters. The molecule has 0 fully saturated rings. The average molecular weight is 629 g/mol. The minimum Gasteiger partial charge on any atom is -0.313 e. The second kappa shape index (κ2) is 12.2. The normalized spacial score (nSPS) is 14.5. The fourth-order valence-electron chi connectivity index (χ4n) is 7.50. The van der Waals surface area contributed by atoms with Gasteiger partial charge in [0.25, 0.3) is 0 Å². The molecule has 49 heavy (non-hydrogen) atoms. The molecule has 0 saturated heterocycles. The Hall–Kier alpha value is -6.12. The standard InChI is InChI=1S/C47H36N2/c1-33-9-8-13-43-42-12-4-7-16-46(42)49(47(33)43)39-31-27-37(28-32-39)24-22-35-19-17-34(18-20-35)21-23-36-25-29-38(30-26-36)48-44-14-5-2-10-40(44)41-11-3-6-15-45(41)48/h2-8,10-33H,9H2,1H3/b23-21+,24-22+. The molecule has 0 radical (unpaired) electrons. The topological polar surface area (TPSA) is 9.86 Å². The SMILES string of the molecule is CC1CC=Cc2c1n(-c1ccc(/C=C/c3ccc(/C=C/c4ccc(-n5c6ccccc6c6ccccc65)cc4)cc3)cc1)c1ccccc21. The van der Waals surface area contributed by atoms with Gasteiger partial charge in [-0.3, -0.25) is 0 Å². The number of hydrogen-bond donors (Lipinski definition) is 0. The van der Waals surface area contributed by atoms with Crippen LogP contribution in [0.3, 0.4) is 0 Å². The molecule has 1 unspecified atom stereocenters. The van der Waals surface area contributed by atoms with Gasteiger partial charge in [-0.15, -0.1) is 0 Å². The zero-order valence-electron chi connectivity index (χ0n) is 27.5. The number of hydrogen-bond acceptors (Lipinski definition) is 0. The first-order valence-corrected chi connectivity index (χ1v) is 17.2. The lowest BCUT2D eigenvalue weighted by Crippen LogP contribution is -2.06. The number of benzene rings is 6. The van der Waals surface area contributed by atoms with Crippen molar-refractivity contribution >= 4 is 63.1 Å². The molecule has 0 spiro atoms. The third-order valence-electron chi connectivity index (χ3n) is 9.95. The van der Waals surface area contributed by atoms with Crippen molar-refractivity contribution in [2.75, 3.05) is 0 Å². The summed E-state index contributed by atoms with van der Waals surface area (Å²) >= 11 is 0. The van der Waals surface area contributed by atoms with E-state index >= 15 is 0 Å². The van der Waals surface area contributed by atoms with Gasteiger partial charge in [0.1, 0.15) is 0 Å². The van der Waals surface area contributed by atoms with Crippen molar-refractivity contribution in [1.82, 2.24) is 9.13 Å². The molecule has 0 bridgehead atoms. The number of allylic oxidation sites excluding steroid dienone is 1. The molecular weight excluding hydrogens is 593 g/mol. The molecule has 2 heteroatoms. The summed E-state index contributed by atoms with van der Waals surface area (Å²) in [6.07, 6.45) is 14.4. The second-order valence-corrected chi connectivity index (χ2v) is 13.1. The Bertz CT molecular complexity index is 2500. The van der Waals surface area contributed by atoms with Crippen LogP contribution >= 0.6 is 0 Å². The molecule has 2 nitrogen and oxygen atoms in total. The van der Waals surface area contributed by atoms with Crippen LogP contribution in [0, 0.1) is 0 Å². The Balaban J connectivity index is 0.900. The maximum atomic E-state index is 2.46. The average Bonchev–Trinajstić information content (AvgIpc) is 3.68. The van der Waals surface area contributed by atoms with Crippen molar-refractivity contribution < 1.29 is 0 Å². The molecule has 8 aromatic rings. The van der Waals surface area contributed by atoms with E-state index in [1.165, 1.54) is 77.6 Å². The molecular formula is C47H36N2. The number of fused-ring (bicyclic) bond motifs is 6. The van der Waals surface area contributed by atoms with E-state index in [0.29, 0.717) is 5.92 Å². The van der Waals surface area contributed by atoms with E-state index < -0.39 is 0 Å². The van der Waals surface area contributed by atoms with Gasteiger partial charge in [0.2, 0.25) is 0 Å². The van der Waals surface area contributed by atoms with Gasteiger partial charge in [-0.2, -0.15) is 0 Å². The summed E-state index contributed by atoms with van der Waals surface area (Å²) in [5, 5.41) is 3.90. The highest BCUT2D eigenvalue weighted by molar-refractivity contribution is 6.09. The van der Waals surface area contributed by atoms with Crippen molar-refractivity contribution in [3.05, 3.63) is 185 Å². The highest BCUT2D eigenvalue weighted by Crippen LogP contribution is 2.39. The maximum absolute atomic E-state index is 2.46. The van der Waals surface area contributed by atoms with Gasteiger partial charge < -0.3 is 9.13 Å². The summed E-state index contributed by atoms with van der Waals surface area (Å²) < 4.78 is 4.81.